The van der Waals surface area contributed by atoms with E-state index in [1.807, 2.05) is 16.7 Å². The normalized spacial score (nSPS) is 10.4. The molecule has 0 fully saturated rings. The summed E-state index contributed by atoms with van der Waals surface area (Å²) >= 11 is 0. The summed E-state index contributed by atoms with van der Waals surface area (Å²) in [5, 5.41) is 9.64. The molecule has 2 rings (SSSR count). The summed E-state index contributed by atoms with van der Waals surface area (Å²) in [6, 6.07) is 3.78. The van der Waals surface area contributed by atoms with Gasteiger partial charge in [-0.3, -0.25) is 5.41 Å². The molecule has 6 heteroatoms. The van der Waals surface area contributed by atoms with Crippen LogP contribution in [0.15, 0.2) is 18.3 Å². The number of hydrogen-bond acceptors (Lipinski definition) is 4. The van der Waals surface area contributed by atoms with Gasteiger partial charge in [-0.05, 0) is 12.1 Å². The minimum Gasteiger partial charge on any atom is -0.375 e. The van der Waals surface area contributed by atoms with Crippen molar-refractivity contribution in [2.24, 2.45) is 0 Å². The third-order valence-electron chi connectivity index (χ3n) is 2.14. The van der Waals surface area contributed by atoms with Gasteiger partial charge in [0.25, 0.3) is 0 Å². The third kappa shape index (κ3) is 1.74. The second-order valence-electron chi connectivity index (χ2n) is 3.07. The van der Waals surface area contributed by atoms with Crippen LogP contribution in [0.2, 0.25) is 0 Å². The fraction of sp³-hybridized carbons (Fsp3) is 0.222. The van der Waals surface area contributed by atoms with E-state index in [0.717, 1.165) is 11.9 Å². The fourth-order valence-corrected chi connectivity index (χ4v) is 1.46. The molecule has 2 aromatic rings. The summed E-state index contributed by atoms with van der Waals surface area (Å²) in [5.74, 6) is 0.454. The van der Waals surface area contributed by atoms with Crippen molar-refractivity contribution in [2.45, 2.75) is 6.54 Å². The second-order valence-corrected chi connectivity index (χ2v) is 3.07. The number of rotatable bonds is 4. The maximum Gasteiger partial charge on any atom is 0.202 e. The number of nitrogens with one attached hydrogen (secondary N) is 2. The topological polar surface area (TPSA) is 92.6 Å². The van der Waals surface area contributed by atoms with Crippen LogP contribution in [0.4, 0.5) is 5.95 Å². The highest BCUT2D eigenvalue weighted by atomic mass is 15.2. The first-order valence-corrected chi connectivity index (χ1v) is 4.62. The zero-order valence-electron chi connectivity index (χ0n) is 8.14. The van der Waals surface area contributed by atoms with E-state index >= 15 is 0 Å². The van der Waals surface area contributed by atoms with Crippen LogP contribution in [-0.2, 0) is 6.54 Å². The molecule has 0 saturated carbocycles. The van der Waals surface area contributed by atoms with Gasteiger partial charge in [0.15, 0.2) is 5.65 Å². The molecule has 0 aliphatic rings. The molecule has 0 unspecified atom stereocenters. The number of nitrogen functional groups attached to an aromatic ring is 1. The van der Waals surface area contributed by atoms with E-state index in [1.165, 1.54) is 0 Å². The van der Waals surface area contributed by atoms with Crippen LogP contribution in [0, 0.1) is 5.41 Å². The maximum absolute atomic E-state index is 6.84. The molecule has 15 heavy (non-hydrogen) atoms. The van der Waals surface area contributed by atoms with E-state index in [9.17, 15) is 0 Å². The zero-order valence-corrected chi connectivity index (χ0v) is 8.14. The van der Waals surface area contributed by atoms with E-state index in [2.05, 4.69) is 15.3 Å². The van der Waals surface area contributed by atoms with Gasteiger partial charge in [-0.15, -0.1) is 0 Å². The van der Waals surface area contributed by atoms with Gasteiger partial charge in [0.2, 0.25) is 5.95 Å². The monoisotopic (exact) mass is 204 g/mol. The average molecular weight is 204 g/mol. The van der Waals surface area contributed by atoms with Gasteiger partial charge in [-0.2, -0.15) is 4.98 Å². The molecule has 2 heterocycles. The van der Waals surface area contributed by atoms with Gasteiger partial charge in [0.05, 0.1) is 11.9 Å². The second kappa shape index (κ2) is 3.95. The molecule has 0 amide bonds. The van der Waals surface area contributed by atoms with Crippen molar-refractivity contribution >= 4 is 23.5 Å². The summed E-state index contributed by atoms with van der Waals surface area (Å²) in [6.07, 6.45) is 2.85. The van der Waals surface area contributed by atoms with E-state index in [-0.39, 0.29) is 0 Å². The van der Waals surface area contributed by atoms with Gasteiger partial charge >= 0.3 is 0 Å². The molecule has 0 aliphatic heterocycles. The lowest BCUT2D eigenvalue weighted by Crippen LogP contribution is -2.18. The molecule has 0 aliphatic carbocycles. The number of pyridine rings is 1. The van der Waals surface area contributed by atoms with Crippen LogP contribution in [-0.4, -0.2) is 27.4 Å². The Labute approximate surface area is 86.6 Å². The smallest absolute Gasteiger partial charge is 0.202 e. The number of anilines is 1. The molecule has 0 spiro atoms. The van der Waals surface area contributed by atoms with Crippen LogP contribution >= 0.6 is 0 Å². The molecule has 0 atom stereocenters. The molecule has 0 bridgehead atoms. The van der Waals surface area contributed by atoms with Crippen molar-refractivity contribution in [1.29, 1.82) is 5.41 Å². The van der Waals surface area contributed by atoms with Crippen molar-refractivity contribution in [3.8, 4) is 0 Å². The van der Waals surface area contributed by atoms with Crippen molar-refractivity contribution in [2.75, 3.05) is 12.3 Å². The Balaban J connectivity index is 2.32. The fourth-order valence-electron chi connectivity index (χ4n) is 1.46. The Bertz CT molecular complexity index is 474. The molecule has 0 aromatic carbocycles. The summed E-state index contributed by atoms with van der Waals surface area (Å²) < 4.78 is 1.87. The minimum absolute atomic E-state index is 0.454. The molecular weight excluding hydrogens is 192 g/mol. The lowest BCUT2D eigenvalue weighted by atomic mass is 10.4. The van der Waals surface area contributed by atoms with Crippen LogP contribution in [0.25, 0.3) is 11.2 Å². The predicted octanol–water partition coefficient (Wildman–Crippen LogP) is 0.210. The van der Waals surface area contributed by atoms with Crippen molar-refractivity contribution in [3.63, 3.8) is 0 Å². The first kappa shape index (κ1) is 9.45. The maximum atomic E-state index is 6.84. The molecule has 2 aromatic heterocycles. The van der Waals surface area contributed by atoms with Gasteiger partial charge in [-0.25, -0.2) is 4.98 Å². The Hall–Kier alpha value is -2.11. The lowest BCUT2D eigenvalue weighted by molar-refractivity contribution is 0.702. The Kier molecular flexibility index (Phi) is 2.49. The van der Waals surface area contributed by atoms with Gasteiger partial charge in [-0.1, -0.05) is 0 Å². The molecule has 6 nitrogen and oxygen atoms in total. The molecular formula is C9H12N6. The summed E-state index contributed by atoms with van der Waals surface area (Å²) in [7, 11) is 0. The SMILES string of the molecule is N=CNCCn1c(N)nc2ncccc21. The number of nitrogens with two attached hydrogens (primary N) is 1. The predicted molar refractivity (Wildman–Crippen MR) is 58.7 cm³/mol. The average Bonchev–Trinajstić information content (AvgIpc) is 2.56. The summed E-state index contributed by atoms with van der Waals surface area (Å²) in [6.45, 7) is 1.32. The van der Waals surface area contributed by atoms with Crippen molar-refractivity contribution in [3.05, 3.63) is 18.3 Å². The first-order chi connectivity index (χ1) is 7.33. The van der Waals surface area contributed by atoms with Gasteiger partial charge < -0.3 is 15.6 Å². The Morgan fingerprint density at radius 2 is 2.47 bits per heavy atom. The molecule has 0 saturated heterocycles. The Morgan fingerprint density at radius 3 is 3.27 bits per heavy atom. The van der Waals surface area contributed by atoms with E-state index in [1.54, 1.807) is 6.20 Å². The van der Waals surface area contributed by atoms with E-state index in [4.69, 9.17) is 11.1 Å². The largest absolute Gasteiger partial charge is 0.375 e. The van der Waals surface area contributed by atoms with Crippen LogP contribution in [0.5, 0.6) is 0 Å². The summed E-state index contributed by atoms with van der Waals surface area (Å²) in [4.78, 5) is 8.25. The molecule has 4 N–H and O–H groups in total. The first-order valence-electron chi connectivity index (χ1n) is 4.62. The van der Waals surface area contributed by atoms with Crippen LogP contribution < -0.4 is 11.1 Å². The molecule has 0 radical (unpaired) electrons. The standard InChI is InChI=1S/C9H12N6/c10-6-12-4-5-15-7-2-1-3-13-8(7)14-9(15)11/h1-3,6H,4-5H2,(H2,10,12)(H2,11,13,14). The summed E-state index contributed by atoms with van der Waals surface area (Å²) in [5.41, 5.74) is 7.34. The van der Waals surface area contributed by atoms with E-state index < -0.39 is 0 Å². The number of fused-ring (bicyclic) bond motifs is 1. The highest BCUT2D eigenvalue weighted by Gasteiger charge is 2.06. The highest BCUT2D eigenvalue weighted by molar-refractivity contribution is 5.73. The quantitative estimate of drug-likeness (QED) is 0.377. The number of imidazole rings is 1. The van der Waals surface area contributed by atoms with Crippen molar-refractivity contribution < 1.29 is 0 Å². The third-order valence-corrected chi connectivity index (χ3v) is 2.14. The lowest BCUT2D eigenvalue weighted by Gasteiger charge is -2.05. The van der Waals surface area contributed by atoms with Gasteiger partial charge in [0.1, 0.15) is 0 Å². The van der Waals surface area contributed by atoms with E-state index in [0.29, 0.717) is 24.7 Å². The van der Waals surface area contributed by atoms with Crippen LogP contribution in [0.1, 0.15) is 0 Å². The minimum atomic E-state index is 0.454. The number of aromatic nitrogens is 3. The number of hydrogen-bond donors (Lipinski definition) is 3. The van der Waals surface area contributed by atoms with Crippen LogP contribution in [0.3, 0.4) is 0 Å². The number of nitrogens with zero attached hydrogens (tertiary/aromatic N) is 3. The molecule has 78 valence electrons. The van der Waals surface area contributed by atoms with Crippen molar-refractivity contribution in [1.82, 2.24) is 19.9 Å². The highest BCUT2D eigenvalue weighted by Crippen LogP contribution is 2.14. The van der Waals surface area contributed by atoms with Gasteiger partial charge in [0, 0.05) is 19.3 Å². The zero-order chi connectivity index (χ0) is 10.7. The Morgan fingerprint density at radius 1 is 1.60 bits per heavy atom.